The van der Waals surface area contributed by atoms with Gasteiger partial charge in [0.05, 0.1) is 6.61 Å². The predicted molar refractivity (Wildman–Crippen MR) is 66.6 cm³/mol. The number of rotatable bonds is 7. The third-order valence-corrected chi connectivity index (χ3v) is 3.02. The Labute approximate surface area is 98.0 Å². The second-order valence-corrected chi connectivity index (χ2v) is 4.35. The van der Waals surface area contributed by atoms with Gasteiger partial charge in [-0.2, -0.15) is 0 Å². The third-order valence-electron chi connectivity index (χ3n) is 3.02. The molecule has 1 aromatic carbocycles. The van der Waals surface area contributed by atoms with E-state index in [9.17, 15) is 0 Å². The van der Waals surface area contributed by atoms with Gasteiger partial charge in [-0.05, 0) is 36.8 Å². The van der Waals surface area contributed by atoms with Crippen molar-refractivity contribution in [3.63, 3.8) is 0 Å². The van der Waals surface area contributed by atoms with Crippen LogP contribution < -0.4 is 5.32 Å². The fraction of sp³-hybridized carbons (Fsp3) is 0.571. The zero-order chi connectivity index (χ0) is 11.2. The van der Waals surface area contributed by atoms with Crippen molar-refractivity contribution in [2.75, 3.05) is 19.8 Å². The molecular weight excluding hydrogens is 198 g/mol. The average molecular weight is 219 g/mol. The molecule has 0 aliphatic heterocycles. The summed E-state index contributed by atoms with van der Waals surface area (Å²) in [5.74, 6) is 0.838. The molecule has 16 heavy (non-hydrogen) atoms. The first-order valence-electron chi connectivity index (χ1n) is 6.28. The quantitative estimate of drug-likeness (QED) is 0.712. The van der Waals surface area contributed by atoms with Crippen LogP contribution in [0.2, 0.25) is 0 Å². The Balaban J connectivity index is 1.79. The first-order valence-corrected chi connectivity index (χ1v) is 6.28. The zero-order valence-electron chi connectivity index (χ0n) is 10.0. The highest BCUT2D eigenvalue weighted by atomic mass is 16.5. The highest BCUT2D eigenvalue weighted by Crippen LogP contribution is 2.41. The van der Waals surface area contributed by atoms with E-state index in [1.807, 2.05) is 6.92 Å². The molecular formula is C14H21NO. The van der Waals surface area contributed by atoms with Gasteiger partial charge in [0.25, 0.3) is 0 Å². The van der Waals surface area contributed by atoms with Crippen molar-refractivity contribution in [3.8, 4) is 0 Å². The summed E-state index contributed by atoms with van der Waals surface area (Å²) in [6.45, 7) is 5.55. The molecule has 1 saturated carbocycles. The molecule has 1 N–H and O–H groups in total. The molecule has 2 rings (SSSR count). The van der Waals surface area contributed by atoms with Gasteiger partial charge in [-0.15, -0.1) is 0 Å². The SMILES string of the molecule is CCOCCNCc1ccccc1C1CC1. The van der Waals surface area contributed by atoms with Crippen molar-refractivity contribution in [2.45, 2.75) is 32.2 Å². The number of benzene rings is 1. The minimum Gasteiger partial charge on any atom is -0.380 e. The van der Waals surface area contributed by atoms with Crippen molar-refractivity contribution in [1.82, 2.24) is 5.32 Å². The van der Waals surface area contributed by atoms with Crippen LogP contribution >= 0.6 is 0 Å². The standard InChI is InChI=1S/C14H21NO/c1-2-16-10-9-15-11-13-5-3-4-6-14(13)12-7-8-12/h3-6,12,15H,2,7-11H2,1H3. The summed E-state index contributed by atoms with van der Waals surface area (Å²) in [6, 6.07) is 8.79. The fourth-order valence-corrected chi connectivity index (χ4v) is 2.00. The first kappa shape index (κ1) is 11.6. The highest BCUT2D eigenvalue weighted by Gasteiger charge is 2.25. The molecule has 0 unspecified atom stereocenters. The van der Waals surface area contributed by atoms with Gasteiger partial charge in [0.1, 0.15) is 0 Å². The van der Waals surface area contributed by atoms with Crippen LogP contribution in [0.3, 0.4) is 0 Å². The Bertz CT molecular complexity index is 320. The molecule has 0 spiro atoms. The van der Waals surface area contributed by atoms with E-state index in [2.05, 4.69) is 29.6 Å². The molecule has 0 heterocycles. The molecule has 1 aliphatic rings. The van der Waals surface area contributed by atoms with E-state index < -0.39 is 0 Å². The maximum Gasteiger partial charge on any atom is 0.0590 e. The number of nitrogens with one attached hydrogen (secondary N) is 1. The van der Waals surface area contributed by atoms with E-state index in [-0.39, 0.29) is 0 Å². The van der Waals surface area contributed by atoms with Crippen LogP contribution in [0.15, 0.2) is 24.3 Å². The Kier molecular flexibility index (Phi) is 4.37. The monoisotopic (exact) mass is 219 g/mol. The molecule has 0 saturated heterocycles. The van der Waals surface area contributed by atoms with Crippen molar-refractivity contribution in [3.05, 3.63) is 35.4 Å². The molecule has 2 heteroatoms. The second-order valence-electron chi connectivity index (χ2n) is 4.35. The molecule has 0 amide bonds. The molecule has 0 bridgehead atoms. The smallest absolute Gasteiger partial charge is 0.0590 e. The zero-order valence-corrected chi connectivity index (χ0v) is 10.0. The Hall–Kier alpha value is -0.860. The molecule has 1 aliphatic carbocycles. The third kappa shape index (κ3) is 3.32. The maximum atomic E-state index is 5.30. The van der Waals surface area contributed by atoms with Crippen LogP contribution in [0.4, 0.5) is 0 Å². The Morgan fingerprint density at radius 2 is 2.12 bits per heavy atom. The predicted octanol–water partition coefficient (Wildman–Crippen LogP) is 2.69. The molecule has 2 nitrogen and oxygen atoms in total. The number of hydrogen-bond donors (Lipinski definition) is 1. The van der Waals surface area contributed by atoms with E-state index in [1.165, 1.54) is 18.4 Å². The summed E-state index contributed by atoms with van der Waals surface area (Å²) in [7, 11) is 0. The molecule has 88 valence electrons. The van der Waals surface area contributed by atoms with Gasteiger partial charge >= 0.3 is 0 Å². The number of ether oxygens (including phenoxy) is 1. The summed E-state index contributed by atoms with van der Waals surface area (Å²) < 4.78 is 5.30. The van der Waals surface area contributed by atoms with E-state index in [0.717, 1.165) is 32.2 Å². The normalized spacial score (nSPS) is 15.3. The lowest BCUT2D eigenvalue weighted by molar-refractivity contribution is 0.149. The number of hydrogen-bond acceptors (Lipinski definition) is 2. The van der Waals surface area contributed by atoms with E-state index >= 15 is 0 Å². The first-order chi connectivity index (χ1) is 7.92. The lowest BCUT2D eigenvalue weighted by Crippen LogP contribution is -2.19. The molecule has 0 aromatic heterocycles. The van der Waals surface area contributed by atoms with Crippen LogP contribution in [0.1, 0.15) is 36.8 Å². The van der Waals surface area contributed by atoms with E-state index in [1.54, 1.807) is 5.56 Å². The Morgan fingerprint density at radius 3 is 2.88 bits per heavy atom. The summed E-state index contributed by atoms with van der Waals surface area (Å²) in [6.07, 6.45) is 2.74. The van der Waals surface area contributed by atoms with Crippen LogP contribution in [-0.2, 0) is 11.3 Å². The summed E-state index contributed by atoms with van der Waals surface area (Å²) in [5.41, 5.74) is 3.01. The van der Waals surface area contributed by atoms with Crippen LogP contribution in [0, 0.1) is 0 Å². The summed E-state index contributed by atoms with van der Waals surface area (Å²) >= 11 is 0. The van der Waals surface area contributed by atoms with Crippen molar-refractivity contribution in [1.29, 1.82) is 0 Å². The van der Waals surface area contributed by atoms with Gasteiger partial charge in [-0.25, -0.2) is 0 Å². The van der Waals surface area contributed by atoms with E-state index in [4.69, 9.17) is 4.74 Å². The largest absolute Gasteiger partial charge is 0.380 e. The maximum absolute atomic E-state index is 5.30. The molecule has 0 radical (unpaired) electrons. The fourth-order valence-electron chi connectivity index (χ4n) is 2.00. The lowest BCUT2D eigenvalue weighted by atomic mass is 10.0. The van der Waals surface area contributed by atoms with Gasteiger partial charge in [-0.3, -0.25) is 0 Å². The van der Waals surface area contributed by atoms with Crippen LogP contribution in [0.25, 0.3) is 0 Å². The molecule has 1 fully saturated rings. The average Bonchev–Trinajstić information content (AvgIpc) is 3.13. The lowest BCUT2D eigenvalue weighted by Gasteiger charge is -2.09. The van der Waals surface area contributed by atoms with Gasteiger partial charge in [-0.1, -0.05) is 24.3 Å². The van der Waals surface area contributed by atoms with Gasteiger partial charge in [0.2, 0.25) is 0 Å². The Morgan fingerprint density at radius 1 is 1.31 bits per heavy atom. The minimum absolute atomic E-state index is 0.806. The summed E-state index contributed by atoms with van der Waals surface area (Å²) in [5, 5.41) is 3.43. The molecule has 1 aromatic rings. The van der Waals surface area contributed by atoms with Crippen LogP contribution in [0.5, 0.6) is 0 Å². The minimum atomic E-state index is 0.806. The van der Waals surface area contributed by atoms with E-state index in [0.29, 0.717) is 0 Å². The second kappa shape index (κ2) is 6.02. The summed E-state index contributed by atoms with van der Waals surface area (Å²) in [4.78, 5) is 0. The van der Waals surface area contributed by atoms with Crippen LogP contribution in [-0.4, -0.2) is 19.8 Å². The molecule has 0 atom stereocenters. The topological polar surface area (TPSA) is 21.3 Å². The van der Waals surface area contributed by atoms with Gasteiger partial charge in [0, 0.05) is 19.7 Å². The highest BCUT2D eigenvalue weighted by molar-refractivity contribution is 5.33. The van der Waals surface area contributed by atoms with Crippen molar-refractivity contribution >= 4 is 0 Å². The van der Waals surface area contributed by atoms with Gasteiger partial charge < -0.3 is 10.1 Å². The van der Waals surface area contributed by atoms with Gasteiger partial charge in [0.15, 0.2) is 0 Å². The van der Waals surface area contributed by atoms with Crippen molar-refractivity contribution < 1.29 is 4.74 Å². The van der Waals surface area contributed by atoms with Crippen molar-refractivity contribution in [2.24, 2.45) is 0 Å².